The molecule has 0 fully saturated rings. The third kappa shape index (κ3) is 6.51. The van der Waals surface area contributed by atoms with Crippen LogP contribution in [0.3, 0.4) is 0 Å². The van der Waals surface area contributed by atoms with E-state index in [-0.39, 0.29) is 11.8 Å². The van der Waals surface area contributed by atoms with Crippen molar-refractivity contribution < 1.29 is 9.59 Å². The summed E-state index contributed by atoms with van der Waals surface area (Å²) in [4.78, 5) is 27.3. The fourth-order valence-corrected chi connectivity index (χ4v) is 3.17. The summed E-state index contributed by atoms with van der Waals surface area (Å²) in [5.74, 6) is -0.120. The Morgan fingerprint density at radius 3 is 2.26 bits per heavy atom. The second-order valence-electron chi connectivity index (χ2n) is 6.50. The number of hydrogen-bond acceptors (Lipinski definition) is 2. The summed E-state index contributed by atoms with van der Waals surface area (Å²) in [7, 11) is 0. The van der Waals surface area contributed by atoms with Crippen LogP contribution in [0.5, 0.6) is 0 Å². The average molecular weight is 431 g/mol. The topological polar surface area (TPSA) is 49.4 Å². The Balaban J connectivity index is 2.30. The summed E-state index contributed by atoms with van der Waals surface area (Å²) in [6.45, 7) is 4.87. The van der Waals surface area contributed by atoms with Gasteiger partial charge in [-0.1, -0.05) is 72.2 Å². The summed E-state index contributed by atoms with van der Waals surface area (Å²) in [5.41, 5.74) is 2.04. The maximum Gasteiger partial charge on any atom is 0.243 e. The van der Waals surface area contributed by atoms with E-state index in [0.717, 1.165) is 22.0 Å². The number of nitrogens with one attached hydrogen (secondary N) is 1. The lowest BCUT2D eigenvalue weighted by Crippen LogP contribution is -2.50. The second-order valence-corrected chi connectivity index (χ2v) is 7.41. The van der Waals surface area contributed by atoms with Crippen LogP contribution in [0.25, 0.3) is 0 Å². The molecule has 0 aromatic heterocycles. The van der Waals surface area contributed by atoms with Crippen LogP contribution in [-0.4, -0.2) is 29.3 Å². The lowest BCUT2D eigenvalue weighted by Gasteiger charge is -2.31. The second kappa shape index (κ2) is 10.9. The third-order valence-electron chi connectivity index (χ3n) is 4.39. The molecule has 27 heavy (non-hydrogen) atoms. The zero-order valence-corrected chi connectivity index (χ0v) is 17.5. The Labute approximate surface area is 170 Å². The van der Waals surface area contributed by atoms with Gasteiger partial charge in [0, 0.05) is 30.4 Å². The van der Waals surface area contributed by atoms with Crippen molar-refractivity contribution in [1.29, 1.82) is 0 Å². The van der Waals surface area contributed by atoms with Crippen LogP contribution in [-0.2, 0) is 22.6 Å². The first-order valence-electron chi connectivity index (χ1n) is 9.40. The van der Waals surface area contributed by atoms with Crippen molar-refractivity contribution in [1.82, 2.24) is 10.2 Å². The maximum absolute atomic E-state index is 12.9. The van der Waals surface area contributed by atoms with Crippen LogP contribution in [0, 0.1) is 0 Å². The molecule has 0 spiro atoms. The standard InChI is InChI=1S/C22H27BrN2O2/c1-3-14-24-22(27)20(15-17-8-6-5-7-9-17)25(21(26)4-2)16-18-10-12-19(23)13-11-18/h5-13,20H,3-4,14-16H2,1-2H3,(H,24,27). The van der Waals surface area contributed by atoms with Crippen LogP contribution >= 0.6 is 15.9 Å². The number of carbonyl (C=O) groups excluding carboxylic acids is 2. The van der Waals surface area contributed by atoms with Crippen molar-refractivity contribution >= 4 is 27.7 Å². The molecular formula is C22H27BrN2O2. The highest BCUT2D eigenvalue weighted by molar-refractivity contribution is 9.10. The third-order valence-corrected chi connectivity index (χ3v) is 4.92. The quantitative estimate of drug-likeness (QED) is 0.643. The molecule has 0 radical (unpaired) electrons. The predicted molar refractivity (Wildman–Crippen MR) is 112 cm³/mol. The zero-order valence-electron chi connectivity index (χ0n) is 16.0. The van der Waals surface area contributed by atoms with Crippen LogP contribution in [0.1, 0.15) is 37.8 Å². The average Bonchev–Trinajstić information content (AvgIpc) is 2.70. The molecule has 2 amide bonds. The first-order valence-corrected chi connectivity index (χ1v) is 10.2. The summed E-state index contributed by atoms with van der Waals surface area (Å²) >= 11 is 3.43. The number of benzene rings is 2. The highest BCUT2D eigenvalue weighted by Crippen LogP contribution is 2.17. The number of nitrogens with zero attached hydrogens (tertiary/aromatic N) is 1. The molecule has 0 saturated heterocycles. The molecule has 0 aliphatic heterocycles. The van der Waals surface area contributed by atoms with Crippen LogP contribution in [0.4, 0.5) is 0 Å². The van der Waals surface area contributed by atoms with E-state index in [1.807, 2.05) is 68.4 Å². The Kier molecular flexibility index (Phi) is 8.52. The molecule has 2 aromatic carbocycles. The minimum atomic E-state index is -0.532. The van der Waals surface area contributed by atoms with Gasteiger partial charge >= 0.3 is 0 Å². The number of hydrogen-bond donors (Lipinski definition) is 1. The maximum atomic E-state index is 12.9. The minimum Gasteiger partial charge on any atom is -0.354 e. The normalized spacial score (nSPS) is 11.7. The summed E-state index contributed by atoms with van der Waals surface area (Å²) in [6.07, 6.45) is 1.72. The van der Waals surface area contributed by atoms with Gasteiger partial charge in [0.05, 0.1) is 0 Å². The molecule has 0 heterocycles. The van der Waals surface area contributed by atoms with E-state index in [9.17, 15) is 9.59 Å². The highest BCUT2D eigenvalue weighted by atomic mass is 79.9. The van der Waals surface area contributed by atoms with Crippen LogP contribution < -0.4 is 5.32 Å². The van der Waals surface area contributed by atoms with E-state index >= 15 is 0 Å². The Morgan fingerprint density at radius 1 is 1.00 bits per heavy atom. The fourth-order valence-electron chi connectivity index (χ4n) is 2.91. The van der Waals surface area contributed by atoms with Gasteiger partial charge in [-0.25, -0.2) is 0 Å². The zero-order chi connectivity index (χ0) is 19.6. The number of amides is 2. The van der Waals surface area contributed by atoms with E-state index in [0.29, 0.717) is 25.9 Å². The van der Waals surface area contributed by atoms with Gasteiger partial charge < -0.3 is 10.2 Å². The van der Waals surface area contributed by atoms with Crippen molar-refractivity contribution in [2.45, 2.75) is 45.7 Å². The molecule has 0 aliphatic rings. The summed E-state index contributed by atoms with van der Waals surface area (Å²) in [6, 6.07) is 17.2. The van der Waals surface area contributed by atoms with Gasteiger partial charge in [0.2, 0.25) is 11.8 Å². The van der Waals surface area contributed by atoms with Crippen molar-refractivity contribution in [2.24, 2.45) is 0 Å². The predicted octanol–water partition coefficient (Wildman–Crippen LogP) is 4.33. The van der Waals surface area contributed by atoms with Crippen molar-refractivity contribution in [3.05, 3.63) is 70.2 Å². The molecule has 1 atom stereocenters. The Morgan fingerprint density at radius 2 is 1.67 bits per heavy atom. The van der Waals surface area contributed by atoms with Crippen molar-refractivity contribution in [3.8, 4) is 0 Å². The monoisotopic (exact) mass is 430 g/mol. The summed E-state index contributed by atoms with van der Waals surface area (Å²) < 4.78 is 0.987. The van der Waals surface area contributed by atoms with Gasteiger partial charge in [-0.2, -0.15) is 0 Å². The van der Waals surface area contributed by atoms with E-state index in [2.05, 4.69) is 21.2 Å². The van der Waals surface area contributed by atoms with Gasteiger partial charge in [-0.3, -0.25) is 9.59 Å². The molecule has 0 bridgehead atoms. The molecule has 1 unspecified atom stereocenters. The van der Waals surface area contributed by atoms with Gasteiger partial charge in [0.25, 0.3) is 0 Å². The van der Waals surface area contributed by atoms with Crippen molar-refractivity contribution in [2.75, 3.05) is 6.54 Å². The minimum absolute atomic E-state index is 0.0227. The lowest BCUT2D eigenvalue weighted by atomic mass is 10.0. The van der Waals surface area contributed by atoms with E-state index in [1.165, 1.54) is 0 Å². The van der Waals surface area contributed by atoms with E-state index in [4.69, 9.17) is 0 Å². The lowest BCUT2D eigenvalue weighted by molar-refractivity contribution is -0.141. The molecule has 2 rings (SSSR count). The van der Waals surface area contributed by atoms with Gasteiger partial charge in [0.1, 0.15) is 6.04 Å². The fraction of sp³-hybridized carbons (Fsp3) is 0.364. The largest absolute Gasteiger partial charge is 0.354 e. The first kappa shape index (κ1) is 21.2. The Bertz CT molecular complexity index is 732. The molecule has 2 aromatic rings. The molecule has 5 heteroatoms. The van der Waals surface area contributed by atoms with Crippen LogP contribution in [0.2, 0.25) is 0 Å². The van der Waals surface area contributed by atoms with E-state index in [1.54, 1.807) is 4.90 Å². The smallest absolute Gasteiger partial charge is 0.243 e. The van der Waals surface area contributed by atoms with E-state index < -0.39 is 6.04 Å². The number of halogens is 1. The van der Waals surface area contributed by atoms with Gasteiger partial charge in [-0.05, 0) is 29.7 Å². The first-order chi connectivity index (χ1) is 13.0. The number of carbonyl (C=O) groups is 2. The van der Waals surface area contributed by atoms with Crippen molar-refractivity contribution in [3.63, 3.8) is 0 Å². The van der Waals surface area contributed by atoms with Gasteiger partial charge in [-0.15, -0.1) is 0 Å². The Hall–Kier alpha value is -2.14. The highest BCUT2D eigenvalue weighted by Gasteiger charge is 2.29. The summed E-state index contributed by atoms with van der Waals surface area (Å²) in [5, 5.41) is 2.97. The van der Waals surface area contributed by atoms with Gasteiger partial charge in [0.15, 0.2) is 0 Å². The van der Waals surface area contributed by atoms with Crippen LogP contribution in [0.15, 0.2) is 59.1 Å². The molecule has 0 saturated carbocycles. The SMILES string of the molecule is CCCNC(=O)C(Cc1ccccc1)N(Cc1ccc(Br)cc1)C(=O)CC. The number of rotatable bonds is 9. The molecular weight excluding hydrogens is 404 g/mol. The molecule has 0 aliphatic carbocycles. The molecule has 144 valence electrons. The molecule has 4 nitrogen and oxygen atoms in total. The molecule has 1 N–H and O–H groups in total.